The Morgan fingerprint density at radius 1 is 1.38 bits per heavy atom. The maximum atomic E-state index is 11.7. The molecule has 1 nitrogen and oxygen atoms in total. The molecule has 1 aromatic carbocycles. The van der Waals surface area contributed by atoms with Crippen molar-refractivity contribution in [1.29, 1.82) is 0 Å². The second-order valence-corrected chi connectivity index (χ2v) is 3.66. The van der Waals surface area contributed by atoms with E-state index >= 15 is 0 Å². The number of ketones is 1. The number of carbonyl (C=O) groups excluding carboxylic acids is 1. The van der Waals surface area contributed by atoms with Gasteiger partial charge in [0.25, 0.3) is 0 Å². The molecule has 1 aromatic rings. The van der Waals surface area contributed by atoms with Crippen LogP contribution >= 0.6 is 12.6 Å². The summed E-state index contributed by atoms with van der Waals surface area (Å²) in [4.78, 5) is 11.7. The minimum Gasteiger partial charge on any atom is -0.293 e. The highest BCUT2D eigenvalue weighted by Gasteiger charge is 2.13. The second-order valence-electron chi connectivity index (χ2n) is 3.03. The number of benzene rings is 1. The van der Waals surface area contributed by atoms with Crippen LogP contribution in [-0.4, -0.2) is 11.0 Å². The lowest BCUT2D eigenvalue weighted by Crippen LogP contribution is -2.14. The van der Waals surface area contributed by atoms with E-state index in [9.17, 15) is 4.79 Å². The molecule has 0 saturated heterocycles. The van der Waals surface area contributed by atoms with Gasteiger partial charge in [-0.3, -0.25) is 4.79 Å². The standard InChI is InChI=1S/C11H14OS/c1-2-6-10(13)11(12)9-7-4-3-5-8-9/h3-5,7-8,10,13H,2,6H2,1H3. The summed E-state index contributed by atoms with van der Waals surface area (Å²) in [7, 11) is 0. The Bertz CT molecular complexity index is 269. The third kappa shape index (κ3) is 2.88. The maximum Gasteiger partial charge on any atom is 0.175 e. The van der Waals surface area contributed by atoms with Crippen molar-refractivity contribution >= 4 is 18.4 Å². The van der Waals surface area contributed by atoms with Crippen LogP contribution in [0.25, 0.3) is 0 Å². The fourth-order valence-corrected chi connectivity index (χ4v) is 1.61. The van der Waals surface area contributed by atoms with Crippen LogP contribution in [0.15, 0.2) is 30.3 Å². The highest BCUT2D eigenvalue weighted by Crippen LogP contribution is 2.12. The van der Waals surface area contributed by atoms with Crippen LogP contribution in [0.2, 0.25) is 0 Å². The Morgan fingerprint density at radius 2 is 2.00 bits per heavy atom. The van der Waals surface area contributed by atoms with Gasteiger partial charge in [0, 0.05) is 5.56 Å². The zero-order chi connectivity index (χ0) is 9.68. The van der Waals surface area contributed by atoms with Crippen LogP contribution in [0, 0.1) is 0 Å². The van der Waals surface area contributed by atoms with E-state index in [0.717, 1.165) is 18.4 Å². The van der Waals surface area contributed by atoms with Crippen molar-refractivity contribution in [2.45, 2.75) is 25.0 Å². The monoisotopic (exact) mass is 194 g/mol. The summed E-state index contributed by atoms with van der Waals surface area (Å²) in [6.07, 6.45) is 1.84. The van der Waals surface area contributed by atoms with Gasteiger partial charge in [-0.2, -0.15) is 12.6 Å². The smallest absolute Gasteiger partial charge is 0.175 e. The average Bonchev–Trinajstić information content (AvgIpc) is 2.18. The van der Waals surface area contributed by atoms with Crippen LogP contribution in [0.4, 0.5) is 0 Å². The quantitative estimate of drug-likeness (QED) is 0.576. The van der Waals surface area contributed by atoms with E-state index in [0.29, 0.717) is 0 Å². The molecule has 0 aliphatic heterocycles. The minimum absolute atomic E-state index is 0.130. The molecule has 13 heavy (non-hydrogen) atoms. The van der Waals surface area contributed by atoms with Crippen molar-refractivity contribution in [1.82, 2.24) is 0 Å². The lowest BCUT2D eigenvalue weighted by Gasteiger charge is -2.07. The third-order valence-corrected chi connectivity index (χ3v) is 2.42. The summed E-state index contributed by atoms with van der Waals surface area (Å²) in [5.74, 6) is 0.130. The number of rotatable bonds is 4. The van der Waals surface area contributed by atoms with Gasteiger partial charge in [0.1, 0.15) is 0 Å². The van der Waals surface area contributed by atoms with E-state index in [-0.39, 0.29) is 11.0 Å². The van der Waals surface area contributed by atoms with E-state index in [1.165, 1.54) is 0 Å². The molecule has 0 radical (unpaired) electrons. The lowest BCUT2D eigenvalue weighted by molar-refractivity contribution is 0.0987. The molecule has 0 N–H and O–H groups in total. The summed E-state index contributed by atoms with van der Waals surface area (Å²) >= 11 is 4.27. The predicted octanol–water partition coefficient (Wildman–Crippen LogP) is 2.97. The van der Waals surface area contributed by atoms with Gasteiger partial charge in [0.2, 0.25) is 0 Å². The SMILES string of the molecule is CCCC(S)C(=O)c1ccccc1. The van der Waals surface area contributed by atoms with Gasteiger partial charge in [-0.15, -0.1) is 0 Å². The first kappa shape index (κ1) is 10.3. The fourth-order valence-electron chi connectivity index (χ4n) is 1.20. The first-order chi connectivity index (χ1) is 6.25. The minimum atomic E-state index is -0.146. The molecule has 1 rings (SSSR count). The van der Waals surface area contributed by atoms with Gasteiger partial charge in [0.05, 0.1) is 5.25 Å². The van der Waals surface area contributed by atoms with Gasteiger partial charge in [-0.05, 0) is 6.42 Å². The summed E-state index contributed by atoms with van der Waals surface area (Å²) < 4.78 is 0. The van der Waals surface area contributed by atoms with E-state index in [1.54, 1.807) is 0 Å². The van der Waals surface area contributed by atoms with Crippen LogP contribution in [-0.2, 0) is 0 Å². The molecule has 0 aliphatic carbocycles. The average molecular weight is 194 g/mol. The van der Waals surface area contributed by atoms with Crippen molar-refractivity contribution in [3.05, 3.63) is 35.9 Å². The molecule has 0 spiro atoms. The molecule has 1 unspecified atom stereocenters. The first-order valence-electron chi connectivity index (χ1n) is 4.53. The number of Topliss-reactive ketones (excluding diaryl/α,β-unsaturated/α-hetero) is 1. The van der Waals surface area contributed by atoms with Gasteiger partial charge in [-0.1, -0.05) is 43.7 Å². The van der Waals surface area contributed by atoms with Crippen molar-refractivity contribution < 1.29 is 4.79 Å². The Hall–Kier alpha value is -0.760. The summed E-state index contributed by atoms with van der Waals surface area (Å²) in [6, 6.07) is 9.33. The Morgan fingerprint density at radius 3 is 2.54 bits per heavy atom. The third-order valence-electron chi connectivity index (χ3n) is 1.92. The molecular weight excluding hydrogens is 180 g/mol. The molecule has 70 valence electrons. The zero-order valence-electron chi connectivity index (χ0n) is 7.73. The van der Waals surface area contributed by atoms with Crippen LogP contribution in [0.5, 0.6) is 0 Å². The molecule has 0 saturated carbocycles. The van der Waals surface area contributed by atoms with Crippen molar-refractivity contribution in [2.75, 3.05) is 0 Å². The van der Waals surface area contributed by atoms with E-state index < -0.39 is 0 Å². The molecule has 0 heterocycles. The highest BCUT2D eigenvalue weighted by atomic mass is 32.1. The van der Waals surface area contributed by atoms with E-state index in [4.69, 9.17) is 0 Å². The number of carbonyl (C=O) groups is 1. The van der Waals surface area contributed by atoms with E-state index in [1.807, 2.05) is 30.3 Å². The van der Waals surface area contributed by atoms with Gasteiger partial charge in [-0.25, -0.2) is 0 Å². The summed E-state index contributed by atoms with van der Waals surface area (Å²) in [6.45, 7) is 2.06. The number of hydrogen-bond acceptors (Lipinski definition) is 2. The van der Waals surface area contributed by atoms with Crippen LogP contribution in [0.1, 0.15) is 30.1 Å². The molecule has 0 amide bonds. The topological polar surface area (TPSA) is 17.1 Å². The summed E-state index contributed by atoms with van der Waals surface area (Å²) in [5.41, 5.74) is 0.760. The van der Waals surface area contributed by atoms with Crippen LogP contribution < -0.4 is 0 Å². The largest absolute Gasteiger partial charge is 0.293 e. The molecule has 0 aromatic heterocycles. The molecule has 0 bridgehead atoms. The molecule has 1 atom stereocenters. The normalized spacial score (nSPS) is 12.5. The summed E-state index contributed by atoms with van der Waals surface area (Å²) in [5, 5.41) is -0.146. The van der Waals surface area contributed by atoms with Crippen molar-refractivity contribution in [3.63, 3.8) is 0 Å². The zero-order valence-corrected chi connectivity index (χ0v) is 8.63. The second kappa shape index (κ2) is 5.07. The molecular formula is C11H14OS. The van der Waals surface area contributed by atoms with E-state index in [2.05, 4.69) is 19.6 Å². The first-order valence-corrected chi connectivity index (χ1v) is 5.04. The van der Waals surface area contributed by atoms with Crippen molar-refractivity contribution in [3.8, 4) is 0 Å². The van der Waals surface area contributed by atoms with Gasteiger partial charge in [0.15, 0.2) is 5.78 Å². The van der Waals surface area contributed by atoms with Gasteiger partial charge < -0.3 is 0 Å². The number of hydrogen-bond donors (Lipinski definition) is 1. The fraction of sp³-hybridized carbons (Fsp3) is 0.364. The predicted molar refractivity (Wildman–Crippen MR) is 58.5 cm³/mol. The molecule has 0 fully saturated rings. The Kier molecular flexibility index (Phi) is 4.03. The molecule has 0 aliphatic rings. The van der Waals surface area contributed by atoms with Gasteiger partial charge >= 0.3 is 0 Å². The van der Waals surface area contributed by atoms with Crippen LogP contribution in [0.3, 0.4) is 0 Å². The number of thiol groups is 1. The Balaban J connectivity index is 2.68. The van der Waals surface area contributed by atoms with Crippen molar-refractivity contribution in [2.24, 2.45) is 0 Å². The molecule has 2 heteroatoms. The maximum absolute atomic E-state index is 11.7. The highest BCUT2D eigenvalue weighted by molar-refractivity contribution is 7.81. The lowest BCUT2D eigenvalue weighted by atomic mass is 10.1. The Labute approximate surface area is 84.6 Å².